The molecular weight excluding hydrogens is 294 g/mol. The summed E-state index contributed by atoms with van der Waals surface area (Å²) in [4.78, 5) is 27.6. The zero-order valence-electron chi connectivity index (χ0n) is 13.4. The Bertz CT molecular complexity index is 708. The van der Waals surface area contributed by atoms with Gasteiger partial charge in [0.05, 0.1) is 13.4 Å². The quantitative estimate of drug-likeness (QED) is 0.836. The molecule has 2 aromatic rings. The Balaban J connectivity index is 1.74. The van der Waals surface area contributed by atoms with E-state index < -0.39 is 0 Å². The molecule has 1 amide bonds. The Morgan fingerprint density at radius 1 is 1.30 bits per heavy atom. The molecule has 6 nitrogen and oxygen atoms in total. The van der Waals surface area contributed by atoms with Gasteiger partial charge in [0, 0.05) is 31.3 Å². The summed E-state index contributed by atoms with van der Waals surface area (Å²) in [6, 6.07) is 7.66. The molecule has 0 saturated carbocycles. The van der Waals surface area contributed by atoms with Crippen molar-refractivity contribution in [1.29, 1.82) is 0 Å². The van der Waals surface area contributed by atoms with E-state index in [1.54, 1.807) is 14.0 Å². The predicted molar refractivity (Wildman–Crippen MR) is 87.6 cm³/mol. The molecule has 0 bridgehead atoms. The van der Waals surface area contributed by atoms with Crippen molar-refractivity contribution in [2.75, 3.05) is 13.7 Å². The van der Waals surface area contributed by atoms with Crippen LogP contribution in [0.4, 0.5) is 0 Å². The van der Waals surface area contributed by atoms with Gasteiger partial charge in [0.25, 0.3) is 5.56 Å². The lowest BCUT2D eigenvalue weighted by Gasteiger charge is -2.08. The van der Waals surface area contributed by atoms with E-state index in [1.807, 2.05) is 24.3 Å². The highest BCUT2D eigenvalue weighted by Crippen LogP contribution is 2.12. The van der Waals surface area contributed by atoms with E-state index >= 15 is 0 Å². The van der Waals surface area contributed by atoms with Gasteiger partial charge in [-0.15, -0.1) is 0 Å². The van der Waals surface area contributed by atoms with Crippen LogP contribution < -0.4 is 15.6 Å². The fourth-order valence-corrected chi connectivity index (χ4v) is 2.17. The molecule has 1 heterocycles. The van der Waals surface area contributed by atoms with Crippen LogP contribution in [0.3, 0.4) is 0 Å². The number of benzene rings is 1. The average Bonchev–Trinajstić information content (AvgIpc) is 2.57. The van der Waals surface area contributed by atoms with Crippen LogP contribution in [0.15, 0.2) is 41.6 Å². The number of carbonyl (C=O) groups excluding carboxylic acids is 1. The van der Waals surface area contributed by atoms with Gasteiger partial charge < -0.3 is 10.1 Å². The van der Waals surface area contributed by atoms with Gasteiger partial charge in [0.15, 0.2) is 0 Å². The number of methoxy groups -OCH3 is 1. The van der Waals surface area contributed by atoms with Crippen LogP contribution in [0.1, 0.15) is 17.5 Å². The number of ether oxygens (including phenoxy) is 1. The molecule has 0 aliphatic rings. The van der Waals surface area contributed by atoms with Crippen molar-refractivity contribution in [3.05, 3.63) is 58.3 Å². The number of nitrogens with one attached hydrogen (secondary N) is 1. The summed E-state index contributed by atoms with van der Waals surface area (Å²) < 4.78 is 6.59. The van der Waals surface area contributed by atoms with Crippen molar-refractivity contribution in [3.63, 3.8) is 0 Å². The van der Waals surface area contributed by atoms with Gasteiger partial charge in [-0.3, -0.25) is 14.2 Å². The summed E-state index contributed by atoms with van der Waals surface area (Å²) in [5.41, 5.74) is 1.60. The molecule has 6 heteroatoms. The Morgan fingerprint density at radius 2 is 2.04 bits per heavy atom. The van der Waals surface area contributed by atoms with Gasteiger partial charge in [-0.25, -0.2) is 4.98 Å². The maximum atomic E-state index is 11.8. The molecule has 1 aromatic carbocycles. The molecule has 1 aromatic heterocycles. The Labute approximate surface area is 135 Å². The third-order valence-electron chi connectivity index (χ3n) is 3.55. The van der Waals surface area contributed by atoms with Crippen LogP contribution in [0.2, 0.25) is 0 Å². The van der Waals surface area contributed by atoms with Crippen LogP contribution in [0.5, 0.6) is 5.75 Å². The molecule has 0 saturated heterocycles. The van der Waals surface area contributed by atoms with E-state index in [4.69, 9.17) is 4.74 Å². The van der Waals surface area contributed by atoms with Crippen molar-refractivity contribution >= 4 is 5.91 Å². The second kappa shape index (κ2) is 8.12. The highest BCUT2D eigenvalue weighted by molar-refractivity contribution is 5.76. The van der Waals surface area contributed by atoms with Gasteiger partial charge in [0.1, 0.15) is 5.75 Å². The molecule has 122 valence electrons. The molecule has 0 aliphatic carbocycles. The molecule has 0 unspecified atom stereocenters. The van der Waals surface area contributed by atoms with Gasteiger partial charge in [-0.05, 0) is 31.0 Å². The van der Waals surface area contributed by atoms with Gasteiger partial charge in [-0.2, -0.15) is 0 Å². The summed E-state index contributed by atoms with van der Waals surface area (Å²) in [5.74, 6) is 0.768. The number of amides is 1. The van der Waals surface area contributed by atoms with Gasteiger partial charge in [-0.1, -0.05) is 12.1 Å². The minimum Gasteiger partial charge on any atom is -0.497 e. The molecule has 0 aliphatic heterocycles. The second-order valence-electron chi connectivity index (χ2n) is 5.27. The van der Waals surface area contributed by atoms with Crippen molar-refractivity contribution in [2.45, 2.75) is 26.3 Å². The number of aryl methyl sites for hydroxylation is 2. The summed E-state index contributed by atoms with van der Waals surface area (Å²) in [6.07, 6.45) is 4.10. The lowest BCUT2D eigenvalue weighted by Crippen LogP contribution is -2.31. The van der Waals surface area contributed by atoms with Crippen molar-refractivity contribution < 1.29 is 9.53 Å². The highest BCUT2D eigenvalue weighted by Gasteiger charge is 2.04. The Hall–Kier alpha value is -2.63. The standard InChI is InChI=1S/C17H21N3O3/c1-13-11-18-12-20(17(13)22)10-9-19-16(21)8-5-14-3-6-15(23-2)7-4-14/h3-4,6-7,11-12H,5,8-10H2,1-2H3,(H,19,21). The minimum atomic E-state index is -0.0764. The van der Waals surface area contributed by atoms with Gasteiger partial charge in [0.2, 0.25) is 5.91 Å². The minimum absolute atomic E-state index is 0.0329. The van der Waals surface area contributed by atoms with Gasteiger partial charge >= 0.3 is 0 Å². The first kappa shape index (κ1) is 16.7. The van der Waals surface area contributed by atoms with E-state index in [-0.39, 0.29) is 11.5 Å². The van der Waals surface area contributed by atoms with Crippen LogP contribution in [0.25, 0.3) is 0 Å². The number of aromatic nitrogens is 2. The van der Waals surface area contributed by atoms with Crippen LogP contribution >= 0.6 is 0 Å². The second-order valence-corrected chi connectivity index (χ2v) is 5.27. The van der Waals surface area contributed by atoms with E-state index in [0.717, 1.165) is 11.3 Å². The zero-order chi connectivity index (χ0) is 16.7. The van der Waals surface area contributed by atoms with Crippen LogP contribution in [-0.2, 0) is 17.8 Å². The van der Waals surface area contributed by atoms with Crippen molar-refractivity contribution in [2.24, 2.45) is 0 Å². The molecule has 23 heavy (non-hydrogen) atoms. The largest absolute Gasteiger partial charge is 0.497 e. The number of nitrogens with zero attached hydrogens (tertiary/aromatic N) is 2. The summed E-state index contributed by atoms with van der Waals surface area (Å²) in [5, 5.41) is 2.82. The fraction of sp³-hybridized carbons (Fsp3) is 0.353. The summed E-state index contributed by atoms with van der Waals surface area (Å²) in [7, 11) is 1.62. The number of rotatable bonds is 7. The summed E-state index contributed by atoms with van der Waals surface area (Å²) in [6.45, 7) is 2.55. The first-order chi connectivity index (χ1) is 11.1. The Kier molecular flexibility index (Phi) is 5.91. The smallest absolute Gasteiger partial charge is 0.256 e. The highest BCUT2D eigenvalue weighted by atomic mass is 16.5. The molecule has 0 radical (unpaired) electrons. The van der Waals surface area contributed by atoms with Crippen molar-refractivity contribution in [3.8, 4) is 5.75 Å². The zero-order valence-corrected chi connectivity index (χ0v) is 13.4. The third-order valence-corrected chi connectivity index (χ3v) is 3.55. The Morgan fingerprint density at radius 3 is 2.74 bits per heavy atom. The molecule has 1 N–H and O–H groups in total. The van der Waals surface area contributed by atoms with Crippen molar-refractivity contribution in [1.82, 2.24) is 14.9 Å². The van der Waals surface area contributed by atoms with E-state index in [0.29, 0.717) is 31.5 Å². The topological polar surface area (TPSA) is 73.2 Å². The third kappa shape index (κ3) is 4.95. The predicted octanol–water partition coefficient (Wildman–Crippen LogP) is 1.31. The number of hydrogen-bond donors (Lipinski definition) is 1. The monoisotopic (exact) mass is 315 g/mol. The average molecular weight is 315 g/mol. The lowest BCUT2D eigenvalue weighted by molar-refractivity contribution is -0.121. The first-order valence-corrected chi connectivity index (χ1v) is 7.51. The van der Waals surface area contributed by atoms with Crippen LogP contribution in [-0.4, -0.2) is 29.1 Å². The van der Waals surface area contributed by atoms with Crippen LogP contribution in [0, 0.1) is 6.92 Å². The first-order valence-electron chi connectivity index (χ1n) is 7.51. The normalized spacial score (nSPS) is 10.3. The number of carbonyl (C=O) groups is 1. The molecular formula is C17H21N3O3. The SMILES string of the molecule is COc1ccc(CCC(=O)NCCn2cncc(C)c2=O)cc1. The maximum Gasteiger partial charge on any atom is 0.256 e. The fourth-order valence-electron chi connectivity index (χ4n) is 2.17. The maximum absolute atomic E-state index is 11.8. The van der Waals surface area contributed by atoms with E-state index in [1.165, 1.54) is 17.1 Å². The number of hydrogen-bond acceptors (Lipinski definition) is 4. The summed E-state index contributed by atoms with van der Waals surface area (Å²) >= 11 is 0. The molecule has 0 fully saturated rings. The van der Waals surface area contributed by atoms with E-state index in [9.17, 15) is 9.59 Å². The van der Waals surface area contributed by atoms with E-state index in [2.05, 4.69) is 10.3 Å². The molecule has 0 spiro atoms. The lowest BCUT2D eigenvalue weighted by atomic mass is 10.1. The molecule has 0 atom stereocenters. The molecule has 2 rings (SSSR count).